The van der Waals surface area contributed by atoms with Crippen molar-refractivity contribution in [1.29, 1.82) is 0 Å². The van der Waals surface area contributed by atoms with Gasteiger partial charge in [0.1, 0.15) is 15.9 Å². The lowest BCUT2D eigenvalue weighted by atomic mass is 9.89. The first-order chi connectivity index (χ1) is 16.0. The van der Waals surface area contributed by atoms with Gasteiger partial charge in [-0.2, -0.15) is 13.1 Å². The third-order valence-electron chi connectivity index (χ3n) is 6.89. The summed E-state index contributed by atoms with van der Waals surface area (Å²) in [5.74, 6) is 0.403. The smallest absolute Gasteiger partial charge is 0.245 e. The third-order valence-corrected chi connectivity index (χ3v) is 9.33. The predicted molar refractivity (Wildman–Crippen MR) is 128 cm³/mol. The van der Waals surface area contributed by atoms with E-state index in [0.29, 0.717) is 29.9 Å². The molecular weight excluding hydrogens is 456 g/mol. The fourth-order valence-electron chi connectivity index (χ4n) is 5.05. The molecule has 33 heavy (non-hydrogen) atoms. The van der Waals surface area contributed by atoms with E-state index in [4.69, 9.17) is 0 Å². The van der Waals surface area contributed by atoms with Crippen molar-refractivity contribution >= 4 is 38.7 Å². The molecule has 5 rings (SSSR count). The van der Waals surface area contributed by atoms with Crippen LogP contribution in [0.15, 0.2) is 53.4 Å². The molecule has 2 saturated heterocycles. The second kappa shape index (κ2) is 9.48. The molecule has 1 atom stereocenters. The molecular formula is C24H28N4O3S2. The normalized spacial score (nSPS) is 20.8. The minimum Gasteiger partial charge on any atom is -0.342 e. The maximum Gasteiger partial charge on any atom is 0.245 e. The van der Waals surface area contributed by atoms with Gasteiger partial charge < -0.3 is 4.90 Å². The number of benzene rings is 2. The topological polar surface area (TPSA) is 83.5 Å². The number of aromatic nitrogens is 2. The highest BCUT2D eigenvalue weighted by atomic mass is 32.2. The Labute approximate surface area is 198 Å². The quantitative estimate of drug-likeness (QED) is 0.553. The van der Waals surface area contributed by atoms with Gasteiger partial charge in [-0.05, 0) is 55.7 Å². The van der Waals surface area contributed by atoms with E-state index in [0.717, 1.165) is 50.5 Å². The lowest BCUT2D eigenvalue weighted by Gasteiger charge is -2.37. The largest absolute Gasteiger partial charge is 0.342 e. The molecule has 0 aliphatic carbocycles. The Bertz CT molecular complexity index is 1220. The Morgan fingerprint density at radius 2 is 1.76 bits per heavy atom. The zero-order valence-electron chi connectivity index (χ0n) is 18.5. The highest BCUT2D eigenvalue weighted by Crippen LogP contribution is 2.30. The first-order valence-electron chi connectivity index (χ1n) is 11.6. The molecule has 0 unspecified atom stereocenters. The first-order valence-corrected chi connectivity index (χ1v) is 13.7. The van der Waals surface area contributed by atoms with Gasteiger partial charge >= 0.3 is 0 Å². The molecule has 3 heterocycles. The fourth-order valence-corrected chi connectivity index (χ4v) is 7.33. The number of carbonyl (C=O) groups excluding carboxylic acids is 1. The molecule has 2 fully saturated rings. The molecule has 1 aromatic heterocycles. The van der Waals surface area contributed by atoms with Crippen LogP contribution in [0.25, 0.3) is 11.0 Å². The van der Waals surface area contributed by atoms with Crippen molar-refractivity contribution in [3.8, 4) is 0 Å². The van der Waals surface area contributed by atoms with Gasteiger partial charge in [-0.1, -0.05) is 36.4 Å². The van der Waals surface area contributed by atoms with Gasteiger partial charge in [-0.15, -0.1) is 0 Å². The molecule has 0 bridgehead atoms. The minimum atomic E-state index is -3.73. The number of rotatable bonds is 5. The van der Waals surface area contributed by atoms with Crippen molar-refractivity contribution in [2.75, 3.05) is 26.2 Å². The Morgan fingerprint density at radius 1 is 0.970 bits per heavy atom. The summed E-state index contributed by atoms with van der Waals surface area (Å²) < 4.78 is 36.6. The van der Waals surface area contributed by atoms with Crippen molar-refractivity contribution in [3.63, 3.8) is 0 Å². The second-order valence-electron chi connectivity index (χ2n) is 9.05. The molecule has 0 spiro atoms. The van der Waals surface area contributed by atoms with Crippen LogP contribution in [-0.2, 0) is 21.2 Å². The number of carbonyl (C=O) groups is 1. The Balaban J connectivity index is 1.23. The predicted octanol–water partition coefficient (Wildman–Crippen LogP) is 3.57. The molecule has 7 nitrogen and oxygen atoms in total. The Morgan fingerprint density at radius 3 is 2.55 bits per heavy atom. The zero-order valence-corrected chi connectivity index (χ0v) is 20.1. The van der Waals surface area contributed by atoms with Crippen LogP contribution in [0.2, 0.25) is 0 Å². The summed E-state index contributed by atoms with van der Waals surface area (Å²) in [7, 11) is -3.73. The molecule has 2 aliphatic rings. The number of sulfonamides is 1. The molecule has 174 valence electrons. The summed E-state index contributed by atoms with van der Waals surface area (Å²) >= 11 is 1.01. The molecule has 2 aromatic carbocycles. The van der Waals surface area contributed by atoms with Crippen molar-refractivity contribution in [2.24, 2.45) is 11.8 Å². The Kier molecular flexibility index (Phi) is 6.44. The van der Waals surface area contributed by atoms with Gasteiger partial charge in [0.25, 0.3) is 0 Å². The summed E-state index contributed by atoms with van der Waals surface area (Å²) in [5, 5.41) is 0. The van der Waals surface area contributed by atoms with Crippen LogP contribution in [0, 0.1) is 11.8 Å². The van der Waals surface area contributed by atoms with E-state index in [1.54, 1.807) is 18.2 Å². The van der Waals surface area contributed by atoms with Crippen molar-refractivity contribution < 1.29 is 13.2 Å². The first kappa shape index (κ1) is 22.4. The SMILES string of the molecule is O=C([C@H]1CCCN(S(=O)(=O)c2cccc3nsnc23)C1)N1CCC(Cc2ccccc2)CC1. The van der Waals surface area contributed by atoms with Crippen LogP contribution in [0.5, 0.6) is 0 Å². The summed E-state index contributed by atoms with van der Waals surface area (Å²) in [6, 6.07) is 15.6. The number of fused-ring (bicyclic) bond motifs is 1. The maximum atomic E-state index is 13.4. The van der Waals surface area contributed by atoms with Crippen LogP contribution in [0.3, 0.4) is 0 Å². The van der Waals surface area contributed by atoms with E-state index < -0.39 is 10.0 Å². The fraction of sp³-hybridized carbons (Fsp3) is 0.458. The number of nitrogens with zero attached hydrogens (tertiary/aromatic N) is 4. The average molecular weight is 485 g/mol. The van der Waals surface area contributed by atoms with Crippen LogP contribution < -0.4 is 0 Å². The van der Waals surface area contributed by atoms with E-state index >= 15 is 0 Å². The highest BCUT2D eigenvalue weighted by molar-refractivity contribution is 7.89. The monoisotopic (exact) mass is 484 g/mol. The average Bonchev–Trinajstić information content (AvgIpc) is 3.34. The van der Waals surface area contributed by atoms with E-state index in [2.05, 4.69) is 33.0 Å². The minimum absolute atomic E-state index is 0.0987. The standard InChI is InChI=1S/C24H28N4O3S2/c29-24(27-14-11-19(12-15-27)16-18-6-2-1-3-7-18)20-8-5-13-28(17-20)33(30,31)22-10-4-9-21-23(22)26-32-25-21/h1-4,6-7,9-10,19-20H,5,8,11-17H2/t20-/m0/s1. The summed E-state index contributed by atoms with van der Waals surface area (Å²) in [6.45, 7) is 2.17. The molecule has 3 aromatic rings. The Hall–Kier alpha value is -2.36. The molecule has 1 amide bonds. The van der Waals surface area contributed by atoms with E-state index in [-0.39, 0.29) is 23.3 Å². The summed E-state index contributed by atoms with van der Waals surface area (Å²) in [4.78, 5) is 15.4. The summed E-state index contributed by atoms with van der Waals surface area (Å²) in [5.41, 5.74) is 2.35. The molecule has 9 heteroatoms. The van der Waals surface area contributed by atoms with Gasteiger partial charge in [0.05, 0.1) is 17.6 Å². The van der Waals surface area contributed by atoms with Crippen LogP contribution in [0.4, 0.5) is 0 Å². The number of likely N-dealkylation sites (tertiary alicyclic amines) is 1. The number of hydrogen-bond acceptors (Lipinski definition) is 6. The molecule has 0 saturated carbocycles. The van der Waals surface area contributed by atoms with Gasteiger partial charge in [0, 0.05) is 26.2 Å². The van der Waals surface area contributed by atoms with E-state index in [9.17, 15) is 13.2 Å². The number of hydrogen-bond donors (Lipinski definition) is 0. The van der Waals surface area contributed by atoms with E-state index in [1.807, 2.05) is 11.0 Å². The summed E-state index contributed by atoms with van der Waals surface area (Å²) in [6.07, 6.45) is 4.46. The van der Waals surface area contributed by atoms with Crippen LogP contribution >= 0.6 is 11.7 Å². The maximum absolute atomic E-state index is 13.4. The van der Waals surface area contributed by atoms with Gasteiger partial charge in [0.15, 0.2) is 0 Å². The molecule has 0 radical (unpaired) electrons. The lowest BCUT2D eigenvalue weighted by Crippen LogP contribution is -2.48. The van der Waals surface area contributed by atoms with Crippen molar-refractivity contribution in [1.82, 2.24) is 18.0 Å². The van der Waals surface area contributed by atoms with E-state index in [1.165, 1.54) is 9.87 Å². The second-order valence-corrected chi connectivity index (χ2v) is 11.5. The van der Waals surface area contributed by atoms with Crippen LogP contribution in [0.1, 0.15) is 31.2 Å². The number of piperidine rings is 2. The van der Waals surface area contributed by atoms with Gasteiger partial charge in [0.2, 0.25) is 15.9 Å². The molecule has 2 aliphatic heterocycles. The third kappa shape index (κ3) is 4.67. The van der Waals surface area contributed by atoms with Gasteiger partial charge in [-0.25, -0.2) is 8.42 Å². The van der Waals surface area contributed by atoms with Crippen molar-refractivity contribution in [2.45, 2.75) is 37.0 Å². The highest BCUT2D eigenvalue weighted by Gasteiger charge is 2.37. The zero-order chi connectivity index (χ0) is 22.8. The van der Waals surface area contributed by atoms with Crippen LogP contribution in [-0.4, -0.2) is 58.5 Å². The number of amides is 1. The van der Waals surface area contributed by atoms with Gasteiger partial charge in [-0.3, -0.25) is 4.79 Å². The molecule has 0 N–H and O–H groups in total. The lowest BCUT2D eigenvalue weighted by molar-refractivity contribution is -0.138. The van der Waals surface area contributed by atoms with Crippen molar-refractivity contribution in [3.05, 3.63) is 54.1 Å².